The Hall–Kier alpha value is -3.07. The Morgan fingerprint density at radius 2 is 2.03 bits per heavy atom. The Morgan fingerprint density at radius 3 is 2.79 bits per heavy atom. The number of ether oxygens (including phenoxy) is 2. The third-order valence-corrected chi connectivity index (χ3v) is 5.79. The molecule has 4 amide bonds. The average Bonchev–Trinajstić information content (AvgIpc) is 3.39. The molecule has 2 aromatic rings. The number of thiophene rings is 1. The van der Waals surface area contributed by atoms with Crippen LogP contribution in [0.2, 0.25) is 0 Å². The van der Waals surface area contributed by atoms with Gasteiger partial charge in [0.1, 0.15) is 12.1 Å². The van der Waals surface area contributed by atoms with Crippen molar-refractivity contribution in [2.45, 2.75) is 25.4 Å². The Morgan fingerprint density at radius 1 is 1.24 bits per heavy atom. The van der Waals surface area contributed by atoms with E-state index in [2.05, 4.69) is 5.32 Å². The van der Waals surface area contributed by atoms with E-state index in [-0.39, 0.29) is 25.7 Å². The Kier molecular flexibility index (Phi) is 4.91. The summed E-state index contributed by atoms with van der Waals surface area (Å²) in [6, 6.07) is 6.79. The van der Waals surface area contributed by atoms with Gasteiger partial charge < -0.3 is 19.7 Å². The number of likely N-dealkylation sites (N-methyl/N-ethyl adjacent to an activating group) is 1. The second-order valence-electron chi connectivity index (χ2n) is 7.40. The van der Waals surface area contributed by atoms with Crippen LogP contribution in [0.25, 0.3) is 0 Å². The van der Waals surface area contributed by atoms with Crippen molar-refractivity contribution in [3.05, 3.63) is 46.2 Å². The molecule has 2 aliphatic rings. The minimum Gasteiger partial charge on any atom is -0.454 e. The molecule has 1 aromatic carbocycles. The van der Waals surface area contributed by atoms with Crippen molar-refractivity contribution in [1.82, 2.24) is 15.1 Å². The van der Waals surface area contributed by atoms with Gasteiger partial charge >= 0.3 is 6.03 Å². The highest BCUT2D eigenvalue weighted by Gasteiger charge is 2.48. The van der Waals surface area contributed by atoms with Gasteiger partial charge in [0, 0.05) is 20.0 Å². The van der Waals surface area contributed by atoms with E-state index in [4.69, 9.17) is 9.47 Å². The molecule has 152 valence electrons. The minimum absolute atomic E-state index is 0.167. The fraction of sp³-hybridized carbons (Fsp3) is 0.350. The lowest BCUT2D eigenvalue weighted by Gasteiger charge is -2.23. The van der Waals surface area contributed by atoms with Gasteiger partial charge in [-0.25, -0.2) is 4.79 Å². The molecule has 0 spiro atoms. The van der Waals surface area contributed by atoms with Crippen LogP contribution in [0, 0.1) is 0 Å². The lowest BCUT2D eigenvalue weighted by Crippen LogP contribution is -2.47. The highest BCUT2D eigenvalue weighted by Crippen LogP contribution is 2.34. The van der Waals surface area contributed by atoms with E-state index < -0.39 is 17.5 Å². The van der Waals surface area contributed by atoms with Crippen molar-refractivity contribution in [3.63, 3.8) is 0 Å². The maximum Gasteiger partial charge on any atom is 0.325 e. The first-order chi connectivity index (χ1) is 13.9. The molecule has 29 heavy (non-hydrogen) atoms. The quantitative estimate of drug-likeness (QED) is 0.729. The van der Waals surface area contributed by atoms with Crippen LogP contribution < -0.4 is 14.8 Å². The van der Waals surface area contributed by atoms with E-state index in [1.54, 1.807) is 37.4 Å². The smallest absolute Gasteiger partial charge is 0.325 e. The summed E-state index contributed by atoms with van der Waals surface area (Å²) in [5, 5.41) is 6.63. The number of urea groups is 1. The number of imide groups is 1. The van der Waals surface area contributed by atoms with Crippen molar-refractivity contribution < 1.29 is 23.9 Å². The SMILES string of the molecule is CN(Cc1ccsc1)C(=O)CN1C(=O)N[C@@](C)(Cc2ccc3c(c2)OCO3)C1=O. The molecule has 1 aromatic heterocycles. The standard InChI is InChI=1S/C20H21N3O5S/c1-20(8-13-3-4-15-16(7-13)28-12-27-15)18(25)23(19(26)21-20)10-17(24)22(2)9-14-5-6-29-11-14/h3-7,11H,8-10,12H2,1-2H3,(H,21,26)/t20-/m0/s1. The Bertz CT molecular complexity index is 961. The first kappa shape index (κ1) is 19.3. The summed E-state index contributed by atoms with van der Waals surface area (Å²) < 4.78 is 10.7. The van der Waals surface area contributed by atoms with Crippen molar-refractivity contribution in [1.29, 1.82) is 0 Å². The molecule has 0 radical (unpaired) electrons. The fourth-order valence-corrected chi connectivity index (χ4v) is 4.13. The summed E-state index contributed by atoms with van der Waals surface area (Å²) in [7, 11) is 1.66. The van der Waals surface area contributed by atoms with Crippen LogP contribution in [0.5, 0.6) is 11.5 Å². The molecule has 1 fully saturated rings. The Labute approximate surface area is 172 Å². The van der Waals surface area contributed by atoms with Gasteiger partial charge in [-0.1, -0.05) is 6.07 Å². The predicted octanol–water partition coefficient (Wildman–Crippen LogP) is 1.99. The van der Waals surface area contributed by atoms with Gasteiger partial charge in [-0.15, -0.1) is 0 Å². The molecule has 8 nitrogen and oxygen atoms in total. The van der Waals surface area contributed by atoms with E-state index in [0.717, 1.165) is 16.0 Å². The van der Waals surface area contributed by atoms with Crippen molar-refractivity contribution >= 4 is 29.2 Å². The van der Waals surface area contributed by atoms with Crippen LogP contribution in [0.3, 0.4) is 0 Å². The normalized spacial score (nSPS) is 20.1. The lowest BCUT2D eigenvalue weighted by molar-refractivity contribution is -0.138. The summed E-state index contributed by atoms with van der Waals surface area (Å²) in [6.45, 7) is 1.97. The molecular formula is C20H21N3O5S. The zero-order valence-electron chi connectivity index (χ0n) is 16.1. The summed E-state index contributed by atoms with van der Waals surface area (Å²) in [5.74, 6) is 0.552. The number of benzene rings is 1. The number of rotatable bonds is 6. The fourth-order valence-electron chi connectivity index (χ4n) is 3.47. The number of carbonyl (C=O) groups excluding carboxylic acids is 3. The largest absolute Gasteiger partial charge is 0.454 e. The maximum absolute atomic E-state index is 13.0. The van der Waals surface area contributed by atoms with Crippen molar-refractivity contribution in [2.75, 3.05) is 20.4 Å². The van der Waals surface area contributed by atoms with Gasteiger partial charge in [0.05, 0.1) is 0 Å². The number of hydrogen-bond acceptors (Lipinski definition) is 6. The molecular weight excluding hydrogens is 394 g/mol. The van der Waals surface area contributed by atoms with E-state index in [9.17, 15) is 14.4 Å². The number of carbonyl (C=O) groups is 3. The number of nitrogens with zero attached hydrogens (tertiary/aromatic N) is 2. The van der Waals surface area contributed by atoms with Gasteiger partial charge in [0.15, 0.2) is 11.5 Å². The second-order valence-corrected chi connectivity index (χ2v) is 8.18. The van der Waals surface area contributed by atoms with Crippen molar-refractivity contribution in [3.8, 4) is 11.5 Å². The molecule has 0 bridgehead atoms. The molecule has 4 rings (SSSR count). The molecule has 1 N–H and O–H groups in total. The average molecular weight is 415 g/mol. The zero-order chi connectivity index (χ0) is 20.6. The van der Waals surface area contributed by atoms with Gasteiger partial charge in [0.25, 0.3) is 5.91 Å². The van der Waals surface area contributed by atoms with Crippen LogP contribution in [-0.2, 0) is 22.6 Å². The summed E-state index contributed by atoms with van der Waals surface area (Å²) >= 11 is 1.55. The molecule has 0 saturated carbocycles. The van der Waals surface area contributed by atoms with E-state index in [0.29, 0.717) is 18.0 Å². The van der Waals surface area contributed by atoms with E-state index in [1.807, 2.05) is 22.9 Å². The highest BCUT2D eigenvalue weighted by molar-refractivity contribution is 7.07. The van der Waals surface area contributed by atoms with Gasteiger partial charge in [-0.05, 0) is 47.0 Å². The van der Waals surface area contributed by atoms with E-state index >= 15 is 0 Å². The molecule has 9 heteroatoms. The monoisotopic (exact) mass is 415 g/mol. The molecule has 1 atom stereocenters. The van der Waals surface area contributed by atoms with Crippen LogP contribution in [0.4, 0.5) is 4.79 Å². The van der Waals surface area contributed by atoms with Crippen LogP contribution in [0.1, 0.15) is 18.1 Å². The van der Waals surface area contributed by atoms with Gasteiger partial charge in [-0.2, -0.15) is 11.3 Å². The third-order valence-electron chi connectivity index (χ3n) is 5.06. The summed E-state index contributed by atoms with van der Waals surface area (Å²) in [6.07, 6.45) is 0.281. The van der Waals surface area contributed by atoms with Crippen LogP contribution in [0.15, 0.2) is 35.0 Å². The number of nitrogens with one attached hydrogen (secondary N) is 1. The first-order valence-corrected chi connectivity index (χ1v) is 10.1. The number of fused-ring (bicyclic) bond motifs is 1. The zero-order valence-corrected chi connectivity index (χ0v) is 17.0. The van der Waals surface area contributed by atoms with Crippen LogP contribution >= 0.6 is 11.3 Å². The first-order valence-electron chi connectivity index (χ1n) is 9.13. The maximum atomic E-state index is 13.0. The number of hydrogen-bond donors (Lipinski definition) is 1. The number of amides is 4. The van der Waals surface area contributed by atoms with Crippen molar-refractivity contribution in [2.24, 2.45) is 0 Å². The van der Waals surface area contributed by atoms with Gasteiger partial charge in [0.2, 0.25) is 12.7 Å². The molecule has 2 aliphatic heterocycles. The molecule has 0 unspecified atom stereocenters. The summed E-state index contributed by atoms with van der Waals surface area (Å²) in [5.41, 5.74) is 0.709. The van der Waals surface area contributed by atoms with Gasteiger partial charge in [-0.3, -0.25) is 14.5 Å². The Balaban J connectivity index is 1.43. The minimum atomic E-state index is -1.13. The molecule has 1 saturated heterocycles. The lowest BCUT2D eigenvalue weighted by atomic mass is 9.92. The highest BCUT2D eigenvalue weighted by atomic mass is 32.1. The molecule has 3 heterocycles. The van der Waals surface area contributed by atoms with Crippen LogP contribution in [-0.4, -0.2) is 53.6 Å². The second kappa shape index (κ2) is 7.40. The van der Waals surface area contributed by atoms with E-state index in [1.165, 1.54) is 4.90 Å². The topological polar surface area (TPSA) is 88.2 Å². The molecule has 0 aliphatic carbocycles. The summed E-state index contributed by atoms with van der Waals surface area (Å²) in [4.78, 5) is 40.4. The third kappa shape index (κ3) is 3.77. The predicted molar refractivity (Wildman–Crippen MR) is 106 cm³/mol.